The van der Waals surface area contributed by atoms with Crippen molar-refractivity contribution < 1.29 is 9.53 Å². The number of carbonyl (C=O) groups excluding carboxylic acids is 1. The minimum atomic E-state index is 0.184. The predicted molar refractivity (Wildman–Crippen MR) is 104 cm³/mol. The minimum absolute atomic E-state index is 0.184. The van der Waals surface area contributed by atoms with Gasteiger partial charge in [-0.3, -0.25) is 9.69 Å². The van der Waals surface area contributed by atoms with E-state index in [0.717, 1.165) is 38.2 Å². The Morgan fingerprint density at radius 3 is 2.54 bits per heavy atom. The number of nitrogens with zero attached hydrogens (tertiary/aromatic N) is 2. The fourth-order valence-electron chi connectivity index (χ4n) is 3.64. The van der Waals surface area contributed by atoms with Crippen LogP contribution in [0.2, 0.25) is 0 Å². The van der Waals surface area contributed by atoms with Crippen LogP contribution in [0, 0.1) is 0 Å². The molecule has 1 saturated heterocycles. The van der Waals surface area contributed by atoms with Crippen LogP contribution in [0.4, 0.5) is 0 Å². The average molecular weight is 352 g/mol. The second-order valence-electron chi connectivity index (χ2n) is 6.81. The molecule has 0 bridgehead atoms. The Morgan fingerprint density at radius 1 is 1.15 bits per heavy atom. The first kappa shape index (κ1) is 18.5. The van der Waals surface area contributed by atoms with Crippen LogP contribution in [0.5, 0.6) is 5.75 Å². The molecule has 1 amide bonds. The van der Waals surface area contributed by atoms with Gasteiger partial charge < -0.3 is 9.64 Å². The smallest absolute Gasteiger partial charge is 0.237 e. The first-order chi connectivity index (χ1) is 12.7. The van der Waals surface area contributed by atoms with Gasteiger partial charge in [0.15, 0.2) is 0 Å². The van der Waals surface area contributed by atoms with Crippen LogP contribution in [-0.4, -0.2) is 42.5 Å². The molecular weight excluding hydrogens is 324 g/mol. The third kappa shape index (κ3) is 4.44. The molecule has 26 heavy (non-hydrogen) atoms. The summed E-state index contributed by atoms with van der Waals surface area (Å²) in [6, 6.07) is 18.6. The molecule has 138 valence electrons. The lowest BCUT2D eigenvalue weighted by atomic mass is 10.0. The quantitative estimate of drug-likeness (QED) is 0.758. The topological polar surface area (TPSA) is 32.8 Å². The van der Waals surface area contributed by atoms with Crippen LogP contribution in [-0.2, 0) is 11.3 Å². The molecule has 0 saturated carbocycles. The molecule has 3 rings (SSSR count). The van der Waals surface area contributed by atoms with Gasteiger partial charge in [0.2, 0.25) is 5.91 Å². The average Bonchev–Trinajstić information content (AvgIpc) is 3.18. The van der Waals surface area contributed by atoms with Gasteiger partial charge in [-0.25, -0.2) is 0 Å². The number of carbonyl (C=O) groups is 1. The lowest BCUT2D eigenvalue weighted by Gasteiger charge is -2.28. The fraction of sp³-hybridized carbons (Fsp3) is 0.409. The van der Waals surface area contributed by atoms with Gasteiger partial charge in [-0.05, 0) is 42.6 Å². The summed E-state index contributed by atoms with van der Waals surface area (Å²) in [4.78, 5) is 17.2. The maximum Gasteiger partial charge on any atom is 0.237 e. The highest BCUT2D eigenvalue weighted by Crippen LogP contribution is 2.32. The number of likely N-dealkylation sites (N-methyl/N-ethyl adjacent to an activating group) is 1. The lowest BCUT2D eigenvalue weighted by molar-refractivity contribution is -0.133. The van der Waals surface area contributed by atoms with Crippen molar-refractivity contribution in [3.63, 3.8) is 0 Å². The van der Waals surface area contributed by atoms with Crippen LogP contribution in [0.25, 0.3) is 0 Å². The highest BCUT2D eigenvalue weighted by Gasteiger charge is 2.30. The lowest BCUT2D eigenvalue weighted by Crippen LogP contribution is -2.39. The first-order valence-corrected chi connectivity index (χ1v) is 9.41. The van der Waals surface area contributed by atoms with Crippen molar-refractivity contribution in [3.05, 3.63) is 65.7 Å². The summed E-state index contributed by atoms with van der Waals surface area (Å²) in [5.74, 6) is 1.07. The van der Waals surface area contributed by atoms with Crippen LogP contribution < -0.4 is 4.74 Å². The van der Waals surface area contributed by atoms with E-state index in [0.29, 0.717) is 6.54 Å². The maximum absolute atomic E-state index is 13.0. The number of benzene rings is 2. The second-order valence-corrected chi connectivity index (χ2v) is 6.81. The summed E-state index contributed by atoms with van der Waals surface area (Å²) in [6.07, 6.45) is 2.09. The summed E-state index contributed by atoms with van der Waals surface area (Å²) in [7, 11) is 1.67. The molecule has 0 aromatic heterocycles. The number of likely N-dealkylation sites (tertiary alicyclic amines) is 1. The van der Waals surface area contributed by atoms with Crippen LogP contribution >= 0.6 is 0 Å². The summed E-state index contributed by atoms with van der Waals surface area (Å²) in [6.45, 7) is 5.10. The van der Waals surface area contributed by atoms with Crippen molar-refractivity contribution in [1.29, 1.82) is 0 Å². The molecule has 1 unspecified atom stereocenters. The molecule has 2 aromatic carbocycles. The Balaban J connectivity index is 1.65. The highest BCUT2D eigenvalue weighted by atomic mass is 16.5. The van der Waals surface area contributed by atoms with Gasteiger partial charge in [-0.15, -0.1) is 0 Å². The molecule has 0 N–H and O–H groups in total. The molecule has 1 aliphatic heterocycles. The van der Waals surface area contributed by atoms with E-state index in [4.69, 9.17) is 4.74 Å². The van der Waals surface area contributed by atoms with Gasteiger partial charge >= 0.3 is 0 Å². The minimum Gasteiger partial charge on any atom is -0.497 e. The molecule has 0 aliphatic carbocycles. The van der Waals surface area contributed by atoms with Crippen molar-refractivity contribution in [1.82, 2.24) is 9.80 Å². The molecule has 0 radical (unpaired) electrons. The number of amides is 1. The van der Waals surface area contributed by atoms with E-state index in [9.17, 15) is 4.79 Å². The predicted octanol–water partition coefficient (Wildman–Crippen LogP) is 3.88. The molecule has 1 atom stereocenters. The molecule has 2 aromatic rings. The van der Waals surface area contributed by atoms with Gasteiger partial charge in [-0.2, -0.15) is 0 Å². The van der Waals surface area contributed by atoms with Gasteiger partial charge in [0.05, 0.1) is 19.7 Å². The molecule has 1 aliphatic rings. The number of methoxy groups -OCH3 is 1. The SMILES string of the molecule is CCN(CC(=O)N1CCCC1c1ccc(OC)cc1)Cc1ccccc1. The highest BCUT2D eigenvalue weighted by molar-refractivity contribution is 5.79. The van der Waals surface area contributed by atoms with E-state index >= 15 is 0 Å². The van der Waals surface area contributed by atoms with Crippen molar-refractivity contribution in [2.75, 3.05) is 26.7 Å². The van der Waals surface area contributed by atoms with E-state index in [1.807, 2.05) is 30.3 Å². The summed E-state index contributed by atoms with van der Waals surface area (Å²) in [5.41, 5.74) is 2.44. The number of hydrogen-bond acceptors (Lipinski definition) is 3. The largest absolute Gasteiger partial charge is 0.497 e. The monoisotopic (exact) mass is 352 g/mol. The Hall–Kier alpha value is -2.33. The number of rotatable bonds is 7. The summed E-state index contributed by atoms with van der Waals surface area (Å²) in [5, 5.41) is 0. The maximum atomic E-state index is 13.0. The third-order valence-corrected chi connectivity index (χ3v) is 5.13. The van der Waals surface area contributed by atoms with E-state index in [-0.39, 0.29) is 11.9 Å². The normalized spacial score (nSPS) is 16.9. The summed E-state index contributed by atoms with van der Waals surface area (Å²) >= 11 is 0. The standard InChI is InChI=1S/C22H28N2O2/c1-3-23(16-18-8-5-4-6-9-18)17-22(25)24-15-7-10-21(24)19-11-13-20(26-2)14-12-19/h4-6,8-9,11-14,21H,3,7,10,15-17H2,1-2H3. The van der Waals surface area contributed by atoms with Crippen molar-refractivity contribution >= 4 is 5.91 Å². The first-order valence-electron chi connectivity index (χ1n) is 9.41. The fourth-order valence-corrected chi connectivity index (χ4v) is 3.64. The second kappa shape index (κ2) is 8.86. The molecule has 0 spiro atoms. The van der Waals surface area contributed by atoms with E-state index in [1.165, 1.54) is 11.1 Å². The Morgan fingerprint density at radius 2 is 1.88 bits per heavy atom. The van der Waals surface area contributed by atoms with E-state index in [1.54, 1.807) is 7.11 Å². The zero-order valence-electron chi connectivity index (χ0n) is 15.7. The van der Waals surface area contributed by atoms with Crippen molar-refractivity contribution in [2.24, 2.45) is 0 Å². The van der Waals surface area contributed by atoms with Crippen LogP contribution in [0.15, 0.2) is 54.6 Å². The Labute approximate surface area is 156 Å². The van der Waals surface area contributed by atoms with Crippen LogP contribution in [0.1, 0.15) is 36.9 Å². The molecular formula is C22H28N2O2. The number of hydrogen-bond donors (Lipinski definition) is 0. The zero-order chi connectivity index (χ0) is 18.4. The third-order valence-electron chi connectivity index (χ3n) is 5.13. The molecule has 4 heteroatoms. The van der Waals surface area contributed by atoms with Gasteiger partial charge in [0.1, 0.15) is 5.75 Å². The van der Waals surface area contributed by atoms with Gasteiger partial charge in [0, 0.05) is 13.1 Å². The Bertz CT molecular complexity index is 700. The van der Waals surface area contributed by atoms with Crippen molar-refractivity contribution in [3.8, 4) is 5.75 Å². The van der Waals surface area contributed by atoms with E-state index < -0.39 is 0 Å². The Kier molecular flexibility index (Phi) is 6.29. The van der Waals surface area contributed by atoms with Gasteiger partial charge in [0.25, 0.3) is 0 Å². The van der Waals surface area contributed by atoms with Gasteiger partial charge in [-0.1, -0.05) is 49.4 Å². The number of ether oxygens (including phenoxy) is 1. The van der Waals surface area contributed by atoms with E-state index in [2.05, 4.69) is 41.0 Å². The molecule has 1 fully saturated rings. The zero-order valence-corrected chi connectivity index (χ0v) is 15.7. The van der Waals surface area contributed by atoms with Crippen LogP contribution in [0.3, 0.4) is 0 Å². The molecule has 4 nitrogen and oxygen atoms in total. The van der Waals surface area contributed by atoms with Crippen molar-refractivity contribution in [2.45, 2.75) is 32.4 Å². The molecule has 1 heterocycles. The summed E-state index contributed by atoms with van der Waals surface area (Å²) < 4.78 is 5.24.